The molecule has 1 spiro atoms. The molecule has 0 aromatic heterocycles. The molecule has 122 valence electrons. The van der Waals surface area contributed by atoms with Crippen LogP contribution >= 0.6 is 11.6 Å². The van der Waals surface area contributed by atoms with E-state index in [9.17, 15) is 14.0 Å². The van der Waals surface area contributed by atoms with Crippen molar-refractivity contribution in [1.82, 2.24) is 9.80 Å². The van der Waals surface area contributed by atoms with Gasteiger partial charge in [0.1, 0.15) is 5.82 Å². The van der Waals surface area contributed by atoms with E-state index in [4.69, 9.17) is 11.6 Å². The summed E-state index contributed by atoms with van der Waals surface area (Å²) in [5.41, 5.74) is 0.0621. The summed E-state index contributed by atoms with van der Waals surface area (Å²) in [5, 5.41) is 0.217. The van der Waals surface area contributed by atoms with E-state index in [1.54, 1.807) is 9.80 Å². The highest BCUT2D eigenvalue weighted by molar-refractivity contribution is 6.31. The first-order valence-electron chi connectivity index (χ1n) is 7.65. The van der Waals surface area contributed by atoms with Gasteiger partial charge in [0.25, 0.3) is 5.91 Å². The maximum absolute atomic E-state index is 13.5. The molecular formula is C17H18ClFN2O2. The summed E-state index contributed by atoms with van der Waals surface area (Å²) >= 11 is 5.84. The molecule has 1 aromatic carbocycles. The molecule has 2 aliphatic heterocycles. The van der Waals surface area contributed by atoms with E-state index in [0.29, 0.717) is 19.6 Å². The molecule has 23 heavy (non-hydrogen) atoms. The van der Waals surface area contributed by atoms with Gasteiger partial charge in [0.2, 0.25) is 5.91 Å². The molecule has 0 atom stereocenters. The lowest BCUT2D eigenvalue weighted by Crippen LogP contribution is -2.66. The highest BCUT2D eigenvalue weighted by Crippen LogP contribution is 2.41. The minimum Gasteiger partial charge on any atom is -0.339 e. The van der Waals surface area contributed by atoms with Gasteiger partial charge in [0, 0.05) is 35.8 Å². The third-order valence-corrected chi connectivity index (χ3v) is 5.13. The molecule has 2 heterocycles. The average Bonchev–Trinajstić information content (AvgIpc) is 2.52. The number of benzene rings is 1. The zero-order valence-corrected chi connectivity index (χ0v) is 13.5. The first-order valence-corrected chi connectivity index (χ1v) is 8.02. The van der Waals surface area contributed by atoms with Crippen LogP contribution in [0.15, 0.2) is 30.9 Å². The van der Waals surface area contributed by atoms with Gasteiger partial charge in [-0.2, -0.15) is 0 Å². The molecule has 2 saturated heterocycles. The largest absolute Gasteiger partial charge is 0.339 e. The Kier molecular flexibility index (Phi) is 4.15. The quantitative estimate of drug-likeness (QED) is 0.779. The van der Waals surface area contributed by atoms with Crippen LogP contribution in [0.2, 0.25) is 5.02 Å². The Labute approximate surface area is 139 Å². The van der Waals surface area contributed by atoms with E-state index in [2.05, 4.69) is 6.58 Å². The van der Waals surface area contributed by atoms with Crippen molar-refractivity contribution in [3.05, 3.63) is 47.3 Å². The Morgan fingerprint density at radius 1 is 1.17 bits per heavy atom. The Morgan fingerprint density at radius 3 is 2.35 bits per heavy atom. The Morgan fingerprint density at radius 2 is 1.83 bits per heavy atom. The monoisotopic (exact) mass is 336 g/mol. The second-order valence-corrected chi connectivity index (χ2v) is 6.56. The molecule has 0 aliphatic carbocycles. The highest BCUT2D eigenvalue weighted by Gasteiger charge is 2.49. The SMILES string of the molecule is C=CC(=O)N1CCC2(CC1)CCN2C(=O)c1cc(F)cc(Cl)c1. The first-order chi connectivity index (χ1) is 10.9. The van der Waals surface area contributed by atoms with E-state index in [1.807, 2.05) is 0 Å². The Bertz CT molecular complexity index is 648. The van der Waals surface area contributed by atoms with Crippen molar-refractivity contribution in [3.63, 3.8) is 0 Å². The molecule has 0 radical (unpaired) electrons. The standard InChI is InChI=1S/C17H18ClFN2O2/c1-2-15(22)20-6-3-17(4-7-20)5-8-21(17)16(23)12-9-13(18)11-14(19)10-12/h2,9-11H,1,3-8H2. The third kappa shape index (κ3) is 2.85. The van der Waals surface area contributed by atoms with Crippen LogP contribution in [-0.4, -0.2) is 46.8 Å². The van der Waals surface area contributed by atoms with Crippen LogP contribution in [0.4, 0.5) is 4.39 Å². The number of amides is 2. The number of carbonyl (C=O) groups is 2. The predicted molar refractivity (Wildman–Crippen MR) is 85.8 cm³/mol. The summed E-state index contributed by atoms with van der Waals surface area (Å²) in [6, 6.07) is 3.90. The third-order valence-electron chi connectivity index (χ3n) is 4.91. The van der Waals surface area contributed by atoms with Gasteiger partial charge >= 0.3 is 0 Å². The van der Waals surface area contributed by atoms with Gasteiger partial charge < -0.3 is 9.80 Å². The van der Waals surface area contributed by atoms with Crippen LogP contribution in [0.3, 0.4) is 0 Å². The summed E-state index contributed by atoms with van der Waals surface area (Å²) < 4.78 is 13.5. The maximum atomic E-state index is 13.5. The zero-order valence-electron chi connectivity index (χ0n) is 12.7. The molecule has 0 unspecified atom stereocenters. The summed E-state index contributed by atoms with van der Waals surface area (Å²) in [6.07, 6.45) is 3.71. The molecule has 3 rings (SSSR count). The molecule has 0 saturated carbocycles. The van der Waals surface area contributed by atoms with Crippen LogP contribution in [-0.2, 0) is 4.79 Å². The number of nitrogens with zero attached hydrogens (tertiary/aromatic N) is 2. The summed E-state index contributed by atoms with van der Waals surface area (Å²) in [6.45, 7) is 5.38. The maximum Gasteiger partial charge on any atom is 0.254 e. The van der Waals surface area contributed by atoms with Gasteiger partial charge in [-0.15, -0.1) is 0 Å². The van der Waals surface area contributed by atoms with E-state index in [0.717, 1.165) is 19.3 Å². The lowest BCUT2D eigenvalue weighted by molar-refractivity contribution is -0.130. The first kappa shape index (κ1) is 16.0. The topological polar surface area (TPSA) is 40.6 Å². The summed E-state index contributed by atoms with van der Waals surface area (Å²) in [7, 11) is 0. The number of carbonyl (C=O) groups excluding carboxylic acids is 2. The molecule has 2 fully saturated rings. The fourth-order valence-corrected chi connectivity index (χ4v) is 3.70. The van der Waals surface area contributed by atoms with Gasteiger partial charge in [0.15, 0.2) is 0 Å². The van der Waals surface area contributed by atoms with E-state index >= 15 is 0 Å². The number of piperidine rings is 1. The van der Waals surface area contributed by atoms with E-state index in [-0.39, 0.29) is 27.9 Å². The van der Waals surface area contributed by atoms with Crippen molar-refractivity contribution in [2.24, 2.45) is 0 Å². The lowest BCUT2D eigenvalue weighted by atomic mass is 9.76. The van der Waals surface area contributed by atoms with E-state index in [1.165, 1.54) is 24.3 Å². The summed E-state index contributed by atoms with van der Waals surface area (Å²) in [4.78, 5) is 27.9. The number of hydrogen-bond donors (Lipinski definition) is 0. The number of hydrogen-bond acceptors (Lipinski definition) is 2. The lowest BCUT2D eigenvalue weighted by Gasteiger charge is -2.56. The molecular weight excluding hydrogens is 319 g/mol. The van der Waals surface area contributed by atoms with Crippen molar-refractivity contribution in [3.8, 4) is 0 Å². The predicted octanol–water partition coefficient (Wildman–Crippen LogP) is 2.87. The fourth-order valence-electron chi connectivity index (χ4n) is 3.48. The van der Waals surface area contributed by atoms with Crippen LogP contribution in [0.25, 0.3) is 0 Å². The summed E-state index contributed by atoms with van der Waals surface area (Å²) in [5.74, 6) is -0.781. The second kappa shape index (κ2) is 5.96. The molecule has 6 heteroatoms. The van der Waals surface area contributed by atoms with Gasteiger partial charge in [-0.3, -0.25) is 9.59 Å². The highest BCUT2D eigenvalue weighted by atomic mass is 35.5. The smallest absolute Gasteiger partial charge is 0.254 e. The minimum absolute atomic E-state index is 0.0750. The van der Waals surface area contributed by atoms with Crippen molar-refractivity contribution in [1.29, 1.82) is 0 Å². The number of halogens is 2. The van der Waals surface area contributed by atoms with Gasteiger partial charge in [0.05, 0.1) is 0 Å². The van der Waals surface area contributed by atoms with Crippen LogP contribution in [0.1, 0.15) is 29.6 Å². The fraction of sp³-hybridized carbons (Fsp3) is 0.412. The zero-order chi connectivity index (χ0) is 16.6. The molecule has 2 aliphatic rings. The van der Waals surface area contributed by atoms with Gasteiger partial charge in [-0.25, -0.2) is 4.39 Å². The molecule has 0 bridgehead atoms. The normalized spacial score (nSPS) is 19.4. The van der Waals surface area contributed by atoms with Crippen LogP contribution in [0, 0.1) is 5.82 Å². The molecule has 1 aromatic rings. The van der Waals surface area contributed by atoms with Crippen molar-refractivity contribution in [2.75, 3.05) is 19.6 Å². The van der Waals surface area contributed by atoms with E-state index < -0.39 is 5.82 Å². The second-order valence-electron chi connectivity index (χ2n) is 6.12. The minimum atomic E-state index is -0.512. The molecule has 4 nitrogen and oxygen atoms in total. The average molecular weight is 337 g/mol. The van der Waals surface area contributed by atoms with Gasteiger partial charge in [-0.05, 0) is 43.5 Å². The molecule has 2 amide bonds. The van der Waals surface area contributed by atoms with Crippen LogP contribution < -0.4 is 0 Å². The molecule has 0 N–H and O–H groups in total. The van der Waals surface area contributed by atoms with Crippen molar-refractivity contribution >= 4 is 23.4 Å². The Hall–Kier alpha value is -1.88. The Balaban J connectivity index is 1.73. The van der Waals surface area contributed by atoms with Crippen molar-refractivity contribution < 1.29 is 14.0 Å². The van der Waals surface area contributed by atoms with Gasteiger partial charge in [-0.1, -0.05) is 18.2 Å². The van der Waals surface area contributed by atoms with Crippen molar-refractivity contribution in [2.45, 2.75) is 24.8 Å². The number of likely N-dealkylation sites (tertiary alicyclic amines) is 2. The van der Waals surface area contributed by atoms with Crippen LogP contribution in [0.5, 0.6) is 0 Å². The number of rotatable bonds is 2.